The minimum atomic E-state index is -0.430. The van der Waals surface area contributed by atoms with Crippen LogP contribution in [0.2, 0.25) is 0 Å². The molecule has 10 nitrogen and oxygen atoms in total. The van der Waals surface area contributed by atoms with E-state index < -0.39 is 5.91 Å². The number of nitrogens with two attached hydrogens (primary N) is 2. The van der Waals surface area contributed by atoms with Gasteiger partial charge in [-0.1, -0.05) is 5.16 Å². The first kappa shape index (κ1) is 24.2. The first-order valence-corrected chi connectivity index (χ1v) is 9.70. The van der Waals surface area contributed by atoms with Crippen molar-refractivity contribution < 1.29 is 29.6 Å². The molecule has 1 atom stereocenters. The number of carbonyl (C=O) groups is 1. The summed E-state index contributed by atoms with van der Waals surface area (Å²) < 4.78 is 16.8. The fourth-order valence-electron chi connectivity index (χ4n) is 2.64. The fraction of sp³-hybridized carbons (Fsp3) is 0.227. The van der Waals surface area contributed by atoms with Crippen LogP contribution in [0.5, 0.6) is 17.2 Å². The van der Waals surface area contributed by atoms with Gasteiger partial charge in [0, 0.05) is 38.1 Å². The molecule has 0 spiro atoms. The van der Waals surface area contributed by atoms with Gasteiger partial charge in [-0.15, -0.1) is 0 Å². The van der Waals surface area contributed by atoms with Crippen LogP contribution in [-0.4, -0.2) is 49.7 Å². The average Bonchev–Trinajstić information content (AvgIpc) is 2.77. The van der Waals surface area contributed by atoms with Gasteiger partial charge in [-0.05, 0) is 43.3 Å². The highest BCUT2D eigenvalue weighted by Gasteiger charge is 2.17. The van der Waals surface area contributed by atoms with Gasteiger partial charge in [0.2, 0.25) is 0 Å². The van der Waals surface area contributed by atoms with E-state index in [4.69, 9.17) is 30.6 Å². The standard InChI is InChI=1S/C22H27N5O5/c1-14(13-30-3)31-18-10-16(22(28)26-20(23)8-9-25-2)11-19(12-18)32-17-6-4-15(5-7-17)21(24)27-29/h4-12,14,25,29H,13H2,1-3H3,(H2,24,27)(H2,23,26,28)/p+1/b9-8-/t14-/m0/s1. The third-order valence-electron chi connectivity index (χ3n) is 4.06. The summed E-state index contributed by atoms with van der Waals surface area (Å²) in [4.78, 5) is 12.7. The predicted molar refractivity (Wildman–Crippen MR) is 120 cm³/mol. The van der Waals surface area contributed by atoms with Crippen LogP contribution in [0, 0.1) is 0 Å². The van der Waals surface area contributed by atoms with Gasteiger partial charge in [-0.3, -0.25) is 5.41 Å². The summed E-state index contributed by atoms with van der Waals surface area (Å²) in [6, 6.07) is 11.4. The molecule has 1 amide bonds. The number of rotatable bonds is 10. The number of hydrogen-bond donors (Lipinski definition) is 5. The normalized spacial score (nSPS) is 12.3. The van der Waals surface area contributed by atoms with Crippen LogP contribution in [0.3, 0.4) is 0 Å². The van der Waals surface area contributed by atoms with Crippen molar-refractivity contribution in [2.75, 3.05) is 20.8 Å². The highest BCUT2D eigenvalue weighted by atomic mass is 16.5. The number of amidine groups is 2. The molecule has 0 saturated carbocycles. The Morgan fingerprint density at radius 3 is 2.50 bits per heavy atom. The van der Waals surface area contributed by atoms with Gasteiger partial charge in [0.25, 0.3) is 5.84 Å². The molecule has 10 heteroatoms. The summed E-state index contributed by atoms with van der Waals surface area (Å²) in [5.74, 6) is 1.01. The smallest absolute Gasteiger partial charge is 0.339 e. The molecule has 0 aliphatic heterocycles. The Bertz CT molecular complexity index is 989. The second kappa shape index (κ2) is 12.0. The van der Waals surface area contributed by atoms with Crippen LogP contribution < -0.4 is 31.3 Å². The molecule has 0 aliphatic carbocycles. The Hall–Kier alpha value is -4.05. The third kappa shape index (κ3) is 7.33. The summed E-state index contributed by atoms with van der Waals surface area (Å²) in [5.41, 5.74) is 6.40. The molecule has 0 heterocycles. The Labute approximate surface area is 186 Å². The minimum Gasteiger partial charge on any atom is -0.488 e. The number of carbonyl (C=O) groups excluding carboxylic acids is 1. The molecule has 0 saturated heterocycles. The van der Waals surface area contributed by atoms with Crippen LogP contribution >= 0.6 is 0 Å². The van der Waals surface area contributed by atoms with Gasteiger partial charge in [-0.2, -0.15) is 0 Å². The largest absolute Gasteiger partial charge is 0.488 e. The Balaban J connectivity index is 2.29. The summed E-state index contributed by atoms with van der Waals surface area (Å²) >= 11 is 0. The molecule has 2 rings (SSSR count). The number of nitrogens with zero attached hydrogens (tertiary/aromatic N) is 1. The SMILES string of the molecule is CN/C=C\C(=[NH2+])NC(=O)c1cc(Oc2ccc(/C(N)=N/O)cc2)cc(O[C@@H](C)COC)c1. The molecule has 7 N–H and O–H groups in total. The summed E-state index contributed by atoms with van der Waals surface area (Å²) in [6.07, 6.45) is 2.87. The monoisotopic (exact) mass is 442 g/mol. The van der Waals surface area contributed by atoms with Crippen molar-refractivity contribution >= 4 is 17.6 Å². The van der Waals surface area contributed by atoms with Crippen molar-refractivity contribution in [3.63, 3.8) is 0 Å². The molecule has 0 fully saturated rings. The molecule has 0 aromatic heterocycles. The molecular formula is C22H28N5O5+. The Morgan fingerprint density at radius 2 is 1.88 bits per heavy atom. The molecule has 2 aromatic rings. The number of hydrogen-bond acceptors (Lipinski definition) is 7. The summed E-state index contributed by atoms with van der Waals surface area (Å²) in [7, 11) is 3.29. The van der Waals surface area contributed by atoms with Gasteiger partial charge in [0.1, 0.15) is 23.4 Å². The molecule has 2 aromatic carbocycles. The van der Waals surface area contributed by atoms with Crippen LogP contribution in [0.1, 0.15) is 22.8 Å². The van der Waals surface area contributed by atoms with E-state index in [0.717, 1.165) is 0 Å². The van der Waals surface area contributed by atoms with Gasteiger partial charge in [-0.25, -0.2) is 10.1 Å². The number of ether oxygens (including phenoxy) is 3. The molecule has 0 aliphatic rings. The van der Waals surface area contributed by atoms with Crippen molar-refractivity contribution in [3.8, 4) is 17.2 Å². The van der Waals surface area contributed by atoms with Gasteiger partial charge in [0.15, 0.2) is 5.84 Å². The lowest BCUT2D eigenvalue weighted by atomic mass is 10.1. The van der Waals surface area contributed by atoms with Crippen molar-refractivity contribution in [2.24, 2.45) is 10.9 Å². The van der Waals surface area contributed by atoms with Crippen molar-refractivity contribution in [1.29, 1.82) is 0 Å². The van der Waals surface area contributed by atoms with E-state index >= 15 is 0 Å². The Morgan fingerprint density at radius 1 is 1.19 bits per heavy atom. The number of oxime groups is 1. The zero-order valence-electron chi connectivity index (χ0n) is 18.2. The number of amides is 1. The summed E-state index contributed by atoms with van der Waals surface area (Å²) in [5, 5.41) is 22.9. The zero-order chi connectivity index (χ0) is 23.5. The minimum absolute atomic E-state index is 0.0146. The maximum Gasteiger partial charge on any atom is 0.339 e. The van der Waals surface area contributed by atoms with E-state index in [1.54, 1.807) is 62.8 Å². The Kier molecular flexibility index (Phi) is 9.05. The molecular weight excluding hydrogens is 414 g/mol. The van der Waals surface area contributed by atoms with Gasteiger partial charge < -0.3 is 30.5 Å². The van der Waals surface area contributed by atoms with Crippen LogP contribution in [0.15, 0.2) is 59.9 Å². The molecule has 32 heavy (non-hydrogen) atoms. The second-order valence-corrected chi connectivity index (χ2v) is 6.72. The van der Waals surface area contributed by atoms with E-state index in [1.165, 1.54) is 6.08 Å². The van der Waals surface area contributed by atoms with Crippen molar-refractivity contribution in [1.82, 2.24) is 10.6 Å². The second-order valence-electron chi connectivity index (χ2n) is 6.72. The average molecular weight is 442 g/mol. The molecule has 170 valence electrons. The highest BCUT2D eigenvalue weighted by Crippen LogP contribution is 2.28. The maximum atomic E-state index is 12.7. The number of methoxy groups -OCH3 is 1. The lowest BCUT2D eigenvalue weighted by molar-refractivity contribution is -0.115. The van der Waals surface area contributed by atoms with E-state index in [1.807, 2.05) is 6.92 Å². The van der Waals surface area contributed by atoms with Crippen molar-refractivity contribution in [3.05, 3.63) is 65.9 Å². The lowest BCUT2D eigenvalue weighted by Gasteiger charge is -2.16. The first-order chi connectivity index (χ1) is 15.4. The van der Waals surface area contributed by atoms with Crippen LogP contribution in [0.25, 0.3) is 0 Å². The van der Waals surface area contributed by atoms with Crippen molar-refractivity contribution in [2.45, 2.75) is 13.0 Å². The predicted octanol–water partition coefficient (Wildman–Crippen LogP) is 0.608. The van der Waals surface area contributed by atoms with Gasteiger partial charge >= 0.3 is 5.91 Å². The first-order valence-electron chi connectivity index (χ1n) is 9.70. The third-order valence-corrected chi connectivity index (χ3v) is 4.06. The summed E-state index contributed by atoms with van der Waals surface area (Å²) in [6.45, 7) is 2.22. The lowest BCUT2D eigenvalue weighted by Crippen LogP contribution is -2.49. The fourth-order valence-corrected chi connectivity index (χ4v) is 2.64. The van der Waals surface area contributed by atoms with Crippen LogP contribution in [-0.2, 0) is 4.74 Å². The van der Waals surface area contributed by atoms with E-state index in [-0.39, 0.29) is 23.3 Å². The molecule has 0 unspecified atom stereocenters. The highest BCUT2D eigenvalue weighted by molar-refractivity contribution is 6.08. The van der Waals surface area contributed by atoms with E-state index in [2.05, 4.69) is 15.8 Å². The maximum absolute atomic E-state index is 12.7. The zero-order valence-corrected chi connectivity index (χ0v) is 18.2. The van der Waals surface area contributed by atoms with Gasteiger partial charge in [0.05, 0.1) is 12.2 Å². The molecule has 0 radical (unpaired) electrons. The van der Waals surface area contributed by atoms with E-state index in [0.29, 0.717) is 29.4 Å². The molecule has 0 bridgehead atoms. The quantitative estimate of drug-likeness (QED) is 0.156. The number of nitrogens with one attached hydrogen (secondary N) is 2. The van der Waals surface area contributed by atoms with Crippen LogP contribution in [0.4, 0.5) is 0 Å². The number of benzene rings is 2. The van der Waals surface area contributed by atoms with E-state index in [9.17, 15) is 4.79 Å². The topological polar surface area (TPSA) is 153 Å².